The number of non-ortho nitro benzene ring substituents is 1. The van der Waals surface area contributed by atoms with E-state index in [2.05, 4.69) is 16.6 Å². The molecular formula is C18H16N4O4. The van der Waals surface area contributed by atoms with E-state index in [0.717, 1.165) is 42.2 Å². The van der Waals surface area contributed by atoms with Gasteiger partial charge in [-0.25, -0.2) is 0 Å². The molecule has 0 saturated carbocycles. The second kappa shape index (κ2) is 7.56. The summed E-state index contributed by atoms with van der Waals surface area (Å²) in [6.45, 7) is 0. The quantitative estimate of drug-likeness (QED) is 0.627. The van der Waals surface area contributed by atoms with Crippen LogP contribution in [0.2, 0.25) is 0 Å². The molecule has 0 aromatic heterocycles. The molecule has 1 N–H and O–H groups in total. The van der Waals surface area contributed by atoms with Gasteiger partial charge >= 0.3 is 5.69 Å². The van der Waals surface area contributed by atoms with Crippen LogP contribution in [0.4, 0.5) is 17.1 Å². The summed E-state index contributed by atoms with van der Waals surface area (Å²) >= 11 is 0. The minimum Gasteiger partial charge on any atom is -0.271 e. The number of hydrazone groups is 1. The van der Waals surface area contributed by atoms with Gasteiger partial charge in [-0.2, -0.15) is 5.10 Å². The van der Waals surface area contributed by atoms with E-state index in [1.165, 1.54) is 12.1 Å². The van der Waals surface area contributed by atoms with Gasteiger partial charge in [-0.05, 0) is 30.9 Å². The zero-order valence-electron chi connectivity index (χ0n) is 13.8. The second-order valence-electron chi connectivity index (χ2n) is 5.76. The summed E-state index contributed by atoms with van der Waals surface area (Å²) in [5.41, 5.74) is 4.94. The van der Waals surface area contributed by atoms with E-state index >= 15 is 0 Å². The summed E-state index contributed by atoms with van der Waals surface area (Å²) in [6.07, 6.45) is 4.73. The first-order chi connectivity index (χ1) is 12.6. The minimum atomic E-state index is -0.667. The molecule has 0 aliphatic heterocycles. The van der Waals surface area contributed by atoms with Crippen molar-refractivity contribution in [3.63, 3.8) is 0 Å². The molecule has 1 aliphatic carbocycles. The Morgan fingerprint density at radius 2 is 1.77 bits per heavy atom. The molecule has 3 rings (SSSR count). The van der Waals surface area contributed by atoms with E-state index in [0.29, 0.717) is 0 Å². The van der Waals surface area contributed by atoms with Crippen molar-refractivity contribution >= 4 is 28.3 Å². The molecule has 8 heteroatoms. The topological polar surface area (TPSA) is 111 Å². The Balaban J connectivity index is 1.91. The molecule has 0 radical (unpaired) electrons. The van der Waals surface area contributed by atoms with E-state index in [1.54, 1.807) is 0 Å². The van der Waals surface area contributed by atoms with Crippen molar-refractivity contribution in [1.82, 2.24) is 0 Å². The van der Waals surface area contributed by atoms with Gasteiger partial charge in [-0.1, -0.05) is 36.4 Å². The van der Waals surface area contributed by atoms with E-state index < -0.39 is 9.85 Å². The highest BCUT2D eigenvalue weighted by Crippen LogP contribution is 2.30. The van der Waals surface area contributed by atoms with Crippen LogP contribution in [0.1, 0.15) is 24.8 Å². The largest absolute Gasteiger partial charge is 0.301 e. The maximum atomic E-state index is 11.2. The predicted octanol–water partition coefficient (Wildman–Crippen LogP) is 4.54. The van der Waals surface area contributed by atoms with Crippen LogP contribution in [0.3, 0.4) is 0 Å². The lowest BCUT2D eigenvalue weighted by Crippen LogP contribution is -2.10. The Morgan fingerprint density at radius 1 is 1.00 bits per heavy atom. The molecule has 2 aromatic rings. The van der Waals surface area contributed by atoms with E-state index in [9.17, 15) is 20.2 Å². The number of nitrogens with one attached hydrogen (secondary N) is 1. The zero-order chi connectivity index (χ0) is 18.5. The van der Waals surface area contributed by atoms with Gasteiger partial charge < -0.3 is 0 Å². The van der Waals surface area contributed by atoms with E-state index in [4.69, 9.17) is 0 Å². The van der Waals surface area contributed by atoms with Gasteiger partial charge in [0, 0.05) is 11.6 Å². The van der Waals surface area contributed by atoms with Crippen molar-refractivity contribution in [2.75, 3.05) is 5.43 Å². The van der Waals surface area contributed by atoms with Gasteiger partial charge in [-0.3, -0.25) is 25.7 Å². The summed E-state index contributed by atoms with van der Waals surface area (Å²) in [4.78, 5) is 20.7. The average Bonchev–Trinajstić information content (AvgIpc) is 2.67. The molecule has 0 spiro atoms. The van der Waals surface area contributed by atoms with Crippen LogP contribution in [0.5, 0.6) is 0 Å². The van der Waals surface area contributed by atoms with Crippen LogP contribution < -0.4 is 5.43 Å². The standard InChI is InChI=1S/C18H16N4O4/c23-21(24)14-10-11-17(18(12-14)22(25)26)20-19-16-9-5-4-8-15(16)13-6-2-1-3-7-13/h1-3,6-8,10-12,20H,4-5,9H2. The molecule has 0 fully saturated rings. The minimum absolute atomic E-state index is 0.117. The Labute approximate surface area is 149 Å². The predicted molar refractivity (Wildman–Crippen MR) is 99.1 cm³/mol. The molecule has 0 unspecified atom stereocenters. The summed E-state index contributed by atoms with van der Waals surface area (Å²) in [6, 6.07) is 13.2. The summed E-state index contributed by atoms with van der Waals surface area (Å²) in [7, 11) is 0. The van der Waals surface area contributed by atoms with Crippen molar-refractivity contribution < 1.29 is 9.85 Å². The second-order valence-corrected chi connectivity index (χ2v) is 5.76. The number of hydrogen-bond donors (Lipinski definition) is 1. The van der Waals surface area contributed by atoms with Crippen LogP contribution in [0.15, 0.2) is 59.7 Å². The molecule has 0 heterocycles. The molecule has 26 heavy (non-hydrogen) atoms. The molecule has 0 amide bonds. The van der Waals surface area contributed by atoms with Crippen molar-refractivity contribution in [2.24, 2.45) is 5.10 Å². The zero-order valence-corrected chi connectivity index (χ0v) is 13.8. The normalized spacial score (nSPS) is 15.4. The number of nitro groups is 2. The fraction of sp³-hybridized carbons (Fsp3) is 0.167. The summed E-state index contributed by atoms with van der Waals surface area (Å²) in [5.74, 6) is 0. The van der Waals surface area contributed by atoms with Crippen molar-refractivity contribution in [3.05, 3.63) is 80.4 Å². The Bertz CT molecular complexity index is 907. The number of allylic oxidation sites excluding steroid dienone is 2. The smallest absolute Gasteiger partial charge is 0.271 e. The average molecular weight is 352 g/mol. The monoisotopic (exact) mass is 352 g/mol. The SMILES string of the molecule is O=[N+]([O-])c1ccc(NN=C2CCCC=C2c2ccccc2)c([N+](=O)[O-])c1. The lowest BCUT2D eigenvalue weighted by atomic mass is 9.92. The van der Waals surface area contributed by atoms with Gasteiger partial charge in [0.15, 0.2) is 0 Å². The Morgan fingerprint density at radius 3 is 2.46 bits per heavy atom. The molecule has 0 bridgehead atoms. The first-order valence-corrected chi connectivity index (χ1v) is 8.07. The third-order valence-electron chi connectivity index (χ3n) is 4.06. The number of nitrogens with zero attached hydrogens (tertiary/aromatic N) is 3. The van der Waals surface area contributed by atoms with Crippen LogP contribution in [0, 0.1) is 20.2 Å². The number of anilines is 1. The Kier molecular flexibility index (Phi) is 5.02. The highest BCUT2D eigenvalue weighted by molar-refractivity contribution is 6.24. The number of rotatable bonds is 5. The van der Waals surface area contributed by atoms with Gasteiger partial charge in [0.05, 0.1) is 21.6 Å². The summed E-state index contributed by atoms with van der Waals surface area (Å²) < 4.78 is 0. The first-order valence-electron chi connectivity index (χ1n) is 8.07. The van der Waals surface area contributed by atoms with E-state index in [1.807, 2.05) is 30.3 Å². The van der Waals surface area contributed by atoms with Crippen LogP contribution in [0.25, 0.3) is 5.57 Å². The maximum absolute atomic E-state index is 11.2. The highest BCUT2D eigenvalue weighted by atomic mass is 16.6. The molecular weight excluding hydrogens is 336 g/mol. The Hall–Kier alpha value is -3.55. The molecule has 132 valence electrons. The van der Waals surface area contributed by atoms with Crippen molar-refractivity contribution in [3.8, 4) is 0 Å². The maximum Gasteiger partial charge on any atom is 0.301 e. The molecule has 8 nitrogen and oxygen atoms in total. The number of benzene rings is 2. The lowest BCUT2D eigenvalue weighted by molar-refractivity contribution is -0.393. The van der Waals surface area contributed by atoms with E-state index in [-0.39, 0.29) is 17.1 Å². The molecule has 1 aliphatic rings. The van der Waals surface area contributed by atoms with Gasteiger partial charge in [-0.15, -0.1) is 0 Å². The fourth-order valence-electron chi connectivity index (χ4n) is 2.79. The van der Waals surface area contributed by atoms with Crippen molar-refractivity contribution in [1.29, 1.82) is 0 Å². The van der Waals surface area contributed by atoms with Crippen LogP contribution >= 0.6 is 0 Å². The summed E-state index contributed by atoms with van der Waals surface area (Å²) in [5, 5.41) is 26.4. The molecule has 0 atom stereocenters. The molecule has 2 aromatic carbocycles. The lowest BCUT2D eigenvalue weighted by Gasteiger charge is -2.16. The van der Waals surface area contributed by atoms with Gasteiger partial charge in [0.25, 0.3) is 5.69 Å². The third-order valence-corrected chi connectivity index (χ3v) is 4.06. The van der Waals surface area contributed by atoms with Crippen molar-refractivity contribution in [2.45, 2.75) is 19.3 Å². The fourth-order valence-corrected chi connectivity index (χ4v) is 2.79. The molecule has 0 saturated heterocycles. The highest BCUT2D eigenvalue weighted by Gasteiger charge is 2.20. The van der Waals surface area contributed by atoms with Crippen LogP contribution in [-0.4, -0.2) is 15.6 Å². The number of hydrogen-bond acceptors (Lipinski definition) is 6. The first kappa shape index (κ1) is 17.3. The van der Waals surface area contributed by atoms with Gasteiger partial charge in [0.1, 0.15) is 5.69 Å². The van der Waals surface area contributed by atoms with Crippen LogP contribution in [-0.2, 0) is 0 Å². The number of nitro benzene ring substituents is 2. The van der Waals surface area contributed by atoms with Gasteiger partial charge in [0.2, 0.25) is 0 Å². The third kappa shape index (κ3) is 3.75.